The van der Waals surface area contributed by atoms with E-state index >= 15 is 0 Å². The molecule has 0 aliphatic carbocycles. The summed E-state index contributed by atoms with van der Waals surface area (Å²) in [5, 5.41) is 9.66. The van der Waals surface area contributed by atoms with Crippen molar-refractivity contribution in [1.82, 2.24) is 10.2 Å². The second kappa shape index (κ2) is 5.16. The van der Waals surface area contributed by atoms with Crippen LogP contribution in [0, 0.1) is 0 Å². The zero-order chi connectivity index (χ0) is 12.1. The highest BCUT2D eigenvalue weighted by Crippen LogP contribution is 2.14. The molecule has 88 valence electrons. The molecule has 0 radical (unpaired) electrons. The van der Waals surface area contributed by atoms with Gasteiger partial charge in [-0.25, -0.2) is 4.99 Å². The van der Waals surface area contributed by atoms with Gasteiger partial charge < -0.3 is 11.1 Å². The van der Waals surface area contributed by atoms with E-state index in [4.69, 9.17) is 5.73 Å². The molecule has 1 aromatic carbocycles. The first-order valence-electron chi connectivity index (χ1n) is 5.40. The smallest absolute Gasteiger partial charge is 0.193 e. The molecular formula is C12H15N5. The van der Waals surface area contributed by atoms with Crippen LogP contribution in [0.15, 0.2) is 47.7 Å². The zero-order valence-corrected chi connectivity index (χ0v) is 9.59. The third-order valence-corrected chi connectivity index (χ3v) is 2.38. The lowest BCUT2D eigenvalue weighted by Crippen LogP contribution is -2.23. The Hall–Kier alpha value is -2.30. The number of para-hydroxylation sites is 1. The van der Waals surface area contributed by atoms with Gasteiger partial charge in [0, 0.05) is 17.4 Å². The summed E-state index contributed by atoms with van der Waals surface area (Å²) in [6, 6.07) is 9.68. The van der Waals surface area contributed by atoms with Crippen molar-refractivity contribution in [1.29, 1.82) is 0 Å². The Bertz CT molecular complexity index is 475. The van der Waals surface area contributed by atoms with Crippen LogP contribution >= 0.6 is 0 Å². The topological polar surface area (TPSA) is 79.1 Å². The molecule has 1 atom stereocenters. The summed E-state index contributed by atoms with van der Waals surface area (Å²) in [6.45, 7) is 1.96. The maximum Gasteiger partial charge on any atom is 0.193 e. The number of H-pyrrole nitrogens is 1. The van der Waals surface area contributed by atoms with Gasteiger partial charge in [0.15, 0.2) is 5.96 Å². The first-order valence-corrected chi connectivity index (χ1v) is 5.40. The number of nitrogens with one attached hydrogen (secondary N) is 2. The number of nitrogens with zero attached hydrogens (tertiary/aromatic N) is 2. The van der Waals surface area contributed by atoms with E-state index in [9.17, 15) is 0 Å². The Labute approximate surface area is 99.8 Å². The summed E-state index contributed by atoms with van der Waals surface area (Å²) in [5.41, 5.74) is 7.75. The van der Waals surface area contributed by atoms with Crippen molar-refractivity contribution in [2.75, 3.05) is 5.32 Å². The molecule has 1 aromatic heterocycles. The molecule has 0 bridgehead atoms. The highest BCUT2D eigenvalue weighted by atomic mass is 15.1. The maximum atomic E-state index is 5.82. The number of anilines is 1. The second-order valence-corrected chi connectivity index (χ2v) is 3.71. The van der Waals surface area contributed by atoms with Gasteiger partial charge in [0.25, 0.3) is 0 Å². The summed E-state index contributed by atoms with van der Waals surface area (Å²) in [5.74, 6) is 0.393. The molecule has 5 heteroatoms. The monoisotopic (exact) mass is 229 g/mol. The second-order valence-electron chi connectivity index (χ2n) is 3.71. The predicted molar refractivity (Wildman–Crippen MR) is 68.7 cm³/mol. The molecule has 0 fully saturated rings. The summed E-state index contributed by atoms with van der Waals surface area (Å²) < 4.78 is 0. The number of aliphatic imine (C=N–C) groups is 1. The van der Waals surface area contributed by atoms with Gasteiger partial charge in [-0.05, 0) is 19.1 Å². The van der Waals surface area contributed by atoms with Gasteiger partial charge in [0.05, 0.1) is 12.2 Å². The van der Waals surface area contributed by atoms with Gasteiger partial charge in [0.1, 0.15) is 0 Å². The fourth-order valence-corrected chi connectivity index (χ4v) is 1.47. The Morgan fingerprint density at radius 2 is 2.18 bits per heavy atom. The molecule has 1 heterocycles. The molecule has 1 unspecified atom stereocenters. The lowest BCUT2D eigenvalue weighted by molar-refractivity contribution is 0.818. The van der Waals surface area contributed by atoms with Crippen LogP contribution in [0.5, 0.6) is 0 Å². The molecule has 2 rings (SSSR count). The minimum absolute atomic E-state index is 0.0232. The van der Waals surface area contributed by atoms with Crippen molar-refractivity contribution in [2.24, 2.45) is 10.7 Å². The average Bonchev–Trinajstić information content (AvgIpc) is 2.83. The summed E-state index contributed by atoms with van der Waals surface area (Å²) in [4.78, 5) is 4.34. The van der Waals surface area contributed by atoms with Crippen molar-refractivity contribution in [3.05, 3.63) is 48.3 Å². The van der Waals surface area contributed by atoms with Crippen molar-refractivity contribution in [2.45, 2.75) is 13.0 Å². The third kappa shape index (κ3) is 3.07. The molecule has 0 saturated carbocycles. The molecule has 0 aliphatic heterocycles. The number of hydrogen-bond acceptors (Lipinski definition) is 2. The highest BCUT2D eigenvalue weighted by molar-refractivity contribution is 5.92. The number of rotatable bonds is 3. The van der Waals surface area contributed by atoms with Crippen LogP contribution in [0.3, 0.4) is 0 Å². The van der Waals surface area contributed by atoms with E-state index in [-0.39, 0.29) is 6.04 Å². The van der Waals surface area contributed by atoms with E-state index in [0.717, 1.165) is 11.3 Å². The number of benzene rings is 1. The van der Waals surface area contributed by atoms with E-state index in [1.165, 1.54) is 0 Å². The van der Waals surface area contributed by atoms with Gasteiger partial charge >= 0.3 is 0 Å². The average molecular weight is 229 g/mol. The van der Waals surface area contributed by atoms with E-state index in [1.54, 1.807) is 6.20 Å². The van der Waals surface area contributed by atoms with Crippen LogP contribution in [0.2, 0.25) is 0 Å². The lowest BCUT2D eigenvalue weighted by atomic mass is 10.2. The summed E-state index contributed by atoms with van der Waals surface area (Å²) in [7, 11) is 0. The summed E-state index contributed by atoms with van der Waals surface area (Å²) in [6.07, 6.45) is 3.55. The number of aromatic amines is 1. The maximum absolute atomic E-state index is 5.82. The standard InChI is InChI=1S/C12H15N5/c1-9(10-7-14-15-8-10)16-12(13)17-11-5-3-2-4-6-11/h2-9H,1H3,(H,14,15)(H3,13,16,17). The van der Waals surface area contributed by atoms with E-state index < -0.39 is 0 Å². The number of nitrogens with two attached hydrogens (primary N) is 1. The normalized spacial score (nSPS) is 13.4. The molecule has 0 aliphatic rings. The molecule has 0 spiro atoms. The minimum Gasteiger partial charge on any atom is -0.370 e. The van der Waals surface area contributed by atoms with Gasteiger partial charge in [0.2, 0.25) is 0 Å². The molecule has 0 amide bonds. The van der Waals surface area contributed by atoms with Gasteiger partial charge in [-0.3, -0.25) is 5.10 Å². The van der Waals surface area contributed by atoms with Gasteiger partial charge in [-0.1, -0.05) is 18.2 Å². The molecular weight excluding hydrogens is 214 g/mol. The third-order valence-electron chi connectivity index (χ3n) is 2.38. The Kier molecular flexibility index (Phi) is 3.40. The van der Waals surface area contributed by atoms with Crippen LogP contribution in [0.25, 0.3) is 0 Å². The Balaban J connectivity index is 2.02. The predicted octanol–water partition coefficient (Wildman–Crippen LogP) is 1.90. The Morgan fingerprint density at radius 1 is 1.41 bits per heavy atom. The Morgan fingerprint density at radius 3 is 2.82 bits per heavy atom. The van der Waals surface area contributed by atoms with Crippen molar-refractivity contribution >= 4 is 11.6 Å². The number of aromatic nitrogens is 2. The minimum atomic E-state index is -0.0232. The van der Waals surface area contributed by atoms with E-state index in [0.29, 0.717) is 5.96 Å². The van der Waals surface area contributed by atoms with Crippen LogP contribution in [0.4, 0.5) is 5.69 Å². The van der Waals surface area contributed by atoms with E-state index in [2.05, 4.69) is 20.5 Å². The number of hydrogen-bond donors (Lipinski definition) is 3. The van der Waals surface area contributed by atoms with Crippen molar-refractivity contribution < 1.29 is 0 Å². The highest BCUT2D eigenvalue weighted by Gasteiger charge is 2.05. The van der Waals surface area contributed by atoms with Crippen molar-refractivity contribution in [3.8, 4) is 0 Å². The van der Waals surface area contributed by atoms with E-state index in [1.807, 2.05) is 43.5 Å². The molecule has 5 nitrogen and oxygen atoms in total. The molecule has 17 heavy (non-hydrogen) atoms. The largest absolute Gasteiger partial charge is 0.370 e. The molecule has 2 aromatic rings. The van der Waals surface area contributed by atoms with Gasteiger partial charge in [-0.2, -0.15) is 5.10 Å². The fourth-order valence-electron chi connectivity index (χ4n) is 1.47. The van der Waals surface area contributed by atoms with Crippen LogP contribution in [-0.2, 0) is 0 Å². The first-order chi connectivity index (χ1) is 8.25. The first kappa shape index (κ1) is 11.2. The van der Waals surface area contributed by atoms with Crippen LogP contribution in [0.1, 0.15) is 18.5 Å². The van der Waals surface area contributed by atoms with Gasteiger partial charge in [-0.15, -0.1) is 0 Å². The lowest BCUT2D eigenvalue weighted by Gasteiger charge is -2.08. The zero-order valence-electron chi connectivity index (χ0n) is 9.59. The molecule has 0 saturated heterocycles. The summed E-state index contributed by atoms with van der Waals surface area (Å²) >= 11 is 0. The fraction of sp³-hybridized carbons (Fsp3) is 0.167. The van der Waals surface area contributed by atoms with Crippen molar-refractivity contribution in [3.63, 3.8) is 0 Å². The SMILES string of the molecule is CC(N=C(N)Nc1ccccc1)c1cn[nH]c1. The van der Waals surface area contributed by atoms with Crippen LogP contribution < -0.4 is 11.1 Å². The molecule has 4 N–H and O–H groups in total. The quantitative estimate of drug-likeness (QED) is 0.555. The van der Waals surface area contributed by atoms with Crippen LogP contribution in [-0.4, -0.2) is 16.2 Å². The number of guanidine groups is 1.